The number of halogens is 3. The van der Waals surface area contributed by atoms with E-state index in [4.69, 9.17) is 0 Å². The lowest BCUT2D eigenvalue weighted by Crippen LogP contribution is -2.08. The molecule has 1 heterocycles. The van der Waals surface area contributed by atoms with Gasteiger partial charge in [-0.3, -0.25) is 10.1 Å². The summed E-state index contributed by atoms with van der Waals surface area (Å²) in [7, 11) is 0. The molecule has 8 heteroatoms. The van der Waals surface area contributed by atoms with Crippen LogP contribution in [0.4, 0.5) is 18.9 Å². The number of imidazole rings is 1. The van der Waals surface area contributed by atoms with E-state index in [1.165, 1.54) is 0 Å². The van der Waals surface area contributed by atoms with E-state index >= 15 is 0 Å². The molecule has 22 heavy (non-hydrogen) atoms. The number of nitrogens with one attached hydrogen (secondary N) is 1. The zero-order valence-electron chi connectivity index (χ0n) is 10.9. The second-order valence-electron chi connectivity index (χ2n) is 4.59. The molecule has 0 spiro atoms. The highest BCUT2D eigenvalue weighted by molar-refractivity contribution is 5.79. The molecule has 3 aromatic rings. The van der Waals surface area contributed by atoms with Crippen LogP contribution in [0.5, 0.6) is 0 Å². The lowest BCUT2D eigenvalue weighted by Gasteiger charge is -2.08. The highest BCUT2D eigenvalue weighted by atomic mass is 19.4. The Balaban J connectivity index is 2.16. The van der Waals surface area contributed by atoms with Crippen molar-refractivity contribution in [3.05, 3.63) is 58.1 Å². The Morgan fingerprint density at radius 1 is 1.14 bits per heavy atom. The lowest BCUT2D eigenvalue weighted by molar-refractivity contribution is -0.388. The molecule has 0 aliphatic heterocycles. The average Bonchev–Trinajstić information content (AvgIpc) is 2.89. The van der Waals surface area contributed by atoms with Crippen LogP contribution in [-0.4, -0.2) is 14.9 Å². The van der Waals surface area contributed by atoms with Gasteiger partial charge in [0.15, 0.2) is 0 Å². The molecule has 1 aromatic heterocycles. The largest absolute Gasteiger partial charge is 0.422 e. The fourth-order valence-electron chi connectivity index (χ4n) is 2.16. The van der Waals surface area contributed by atoms with Gasteiger partial charge in [-0.25, -0.2) is 4.98 Å². The molecule has 2 aromatic carbocycles. The molecule has 0 radical (unpaired) electrons. The maximum absolute atomic E-state index is 12.8. The number of nitro benzene ring substituents is 1. The SMILES string of the molecule is O=[N+]([O-])c1cc(-c2nc3ccccc3[nH]2)ccc1C(F)(F)F. The molecule has 0 fully saturated rings. The number of benzene rings is 2. The summed E-state index contributed by atoms with van der Waals surface area (Å²) < 4.78 is 38.3. The molecular formula is C14H8F3N3O2. The summed E-state index contributed by atoms with van der Waals surface area (Å²) in [6.07, 6.45) is -4.78. The van der Waals surface area contributed by atoms with Gasteiger partial charge in [0.05, 0.1) is 16.0 Å². The van der Waals surface area contributed by atoms with Gasteiger partial charge in [0, 0.05) is 11.6 Å². The molecule has 0 amide bonds. The van der Waals surface area contributed by atoms with E-state index in [9.17, 15) is 23.3 Å². The molecule has 1 N–H and O–H groups in total. The van der Waals surface area contributed by atoms with Crippen molar-refractivity contribution in [1.82, 2.24) is 9.97 Å². The summed E-state index contributed by atoms with van der Waals surface area (Å²) in [5, 5.41) is 10.9. The number of fused-ring (bicyclic) bond motifs is 1. The summed E-state index contributed by atoms with van der Waals surface area (Å²) in [4.78, 5) is 17.0. The molecule has 112 valence electrons. The summed E-state index contributed by atoms with van der Waals surface area (Å²) >= 11 is 0. The van der Waals surface area contributed by atoms with Gasteiger partial charge in [-0.15, -0.1) is 0 Å². The fourth-order valence-corrected chi connectivity index (χ4v) is 2.16. The highest BCUT2D eigenvalue weighted by Crippen LogP contribution is 2.38. The first-order chi connectivity index (χ1) is 10.4. The first-order valence-electron chi connectivity index (χ1n) is 6.17. The van der Waals surface area contributed by atoms with Crippen LogP contribution in [0, 0.1) is 10.1 Å². The van der Waals surface area contributed by atoms with Crippen LogP contribution in [0.1, 0.15) is 5.56 Å². The van der Waals surface area contributed by atoms with Gasteiger partial charge < -0.3 is 4.98 Å². The minimum absolute atomic E-state index is 0.218. The van der Waals surface area contributed by atoms with Crippen molar-refractivity contribution < 1.29 is 18.1 Å². The monoisotopic (exact) mass is 307 g/mol. The van der Waals surface area contributed by atoms with Gasteiger partial charge in [-0.2, -0.15) is 13.2 Å². The minimum atomic E-state index is -4.78. The van der Waals surface area contributed by atoms with Crippen LogP contribution in [-0.2, 0) is 6.18 Å². The van der Waals surface area contributed by atoms with Gasteiger partial charge in [0.1, 0.15) is 11.4 Å². The predicted molar refractivity (Wildman–Crippen MR) is 73.2 cm³/mol. The van der Waals surface area contributed by atoms with E-state index < -0.39 is 22.4 Å². The summed E-state index contributed by atoms with van der Waals surface area (Å²) in [5.41, 5.74) is -0.737. The van der Waals surface area contributed by atoms with Crippen molar-refractivity contribution in [3.8, 4) is 11.4 Å². The van der Waals surface area contributed by atoms with Crippen molar-refractivity contribution in [2.45, 2.75) is 6.18 Å². The minimum Gasteiger partial charge on any atom is -0.338 e. The number of aromatic nitrogens is 2. The molecule has 0 aliphatic carbocycles. The number of hydrogen-bond donors (Lipinski definition) is 1. The highest BCUT2D eigenvalue weighted by Gasteiger charge is 2.38. The van der Waals surface area contributed by atoms with E-state index in [1.807, 2.05) is 0 Å². The maximum Gasteiger partial charge on any atom is 0.422 e. The molecular weight excluding hydrogens is 299 g/mol. The Morgan fingerprint density at radius 3 is 2.50 bits per heavy atom. The fraction of sp³-hybridized carbons (Fsp3) is 0.0714. The average molecular weight is 307 g/mol. The third-order valence-corrected chi connectivity index (χ3v) is 3.16. The van der Waals surface area contributed by atoms with Crippen molar-refractivity contribution in [2.75, 3.05) is 0 Å². The Hall–Kier alpha value is -2.90. The summed E-state index contributed by atoms with van der Waals surface area (Å²) in [6, 6.07) is 9.76. The number of H-pyrrole nitrogens is 1. The topological polar surface area (TPSA) is 71.8 Å². The van der Waals surface area contributed by atoms with Crippen LogP contribution in [0.3, 0.4) is 0 Å². The normalized spacial score (nSPS) is 11.8. The number of aromatic amines is 1. The number of nitrogens with zero attached hydrogens (tertiary/aromatic N) is 2. The standard InChI is InChI=1S/C14H8F3N3O2/c15-14(16,17)9-6-5-8(7-12(9)20(21)22)13-18-10-3-1-2-4-11(10)19-13/h1-7H,(H,18,19). The van der Waals surface area contributed by atoms with Gasteiger partial charge >= 0.3 is 6.18 Å². The number of hydrogen-bond acceptors (Lipinski definition) is 3. The molecule has 0 saturated carbocycles. The molecule has 0 unspecified atom stereocenters. The number of nitro groups is 1. The lowest BCUT2D eigenvalue weighted by atomic mass is 10.1. The van der Waals surface area contributed by atoms with Crippen molar-refractivity contribution in [1.29, 1.82) is 0 Å². The van der Waals surface area contributed by atoms with Crippen LogP contribution in [0.25, 0.3) is 22.4 Å². The van der Waals surface area contributed by atoms with Crippen molar-refractivity contribution in [2.24, 2.45) is 0 Å². The van der Waals surface area contributed by atoms with E-state index in [0.29, 0.717) is 17.1 Å². The number of para-hydroxylation sites is 2. The van der Waals surface area contributed by atoms with E-state index in [0.717, 1.165) is 12.1 Å². The Bertz CT molecular complexity index is 838. The number of rotatable bonds is 2. The molecule has 5 nitrogen and oxygen atoms in total. The second-order valence-corrected chi connectivity index (χ2v) is 4.59. The Kier molecular flexibility index (Phi) is 3.09. The number of alkyl halides is 3. The first kappa shape index (κ1) is 14.1. The smallest absolute Gasteiger partial charge is 0.338 e. The molecule has 0 saturated heterocycles. The Morgan fingerprint density at radius 2 is 1.86 bits per heavy atom. The van der Waals surface area contributed by atoms with Crippen LogP contribution >= 0.6 is 0 Å². The zero-order valence-corrected chi connectivity index (χ0v) is 10.9. The van der Waals surface area contributed by atoms with E-state index in [1.54, 1.807) is 24.3 Å². The van der Waals surface area contributed by atoms with Crippen LogP contribution in [0.2, 0.25) is 0 Å². The quantitative estimate of drug-likeness (QED) is 0.571. The Labute approximate surface area is 121 Å². The predicted octanol–water partition coefficient (Wildman–Crippen LogP) is 4.16. The van der Waals surface area contributed by atoms with Gasteiger partial charge in [-0.1, -0.05) is 18.2 Å². The maximum atomic E-state index is 12.8. The third kappa shape index (κ3) is 2.39. The molecule has 0 aliphatic rings. The van der Waals surface area contributed by atoms with Crippen LogP contribution in [0.15, 0.2) is 42.5 Å². The van der Waals surface area contributed by atoms with Crippen LogP contribution < -0.4 is 0 Å². The van der Waals surface area contributed by atoms with Gasteiger partial charge in [0.2, 0.25) is 0 Å². The second kappa shape index (κ2) is 4.83. The van der Waals surface area contributed by atoms with Crippen molar-refractivity contribution in [3.63, 3.8) is 0 Å². The zero-order chi connectivity index (χ0) is 15.9. The summed E-state index contributed by atoms with van der Waals surface area (Å²) in [6.45, 7) is 0. The van der Waals surface area contributed by atoms with Gasteiger partial charge in [-0.05, 0) is 18.2 Å². The molecule has 0 atom stereocenters. The molecule has 3 rings (SSSR count). The molecule has 0 bridgehead atoms. The van der Waals surface area contributed by atoms with E-state index in [-0.39, 0.29) is 11.4 Å². The summed E-state index contributed by atoms with van der Waals surface area (Å²) in [5.74, 6) is 0.276. The third-order valence-electron chi connectivity index (χ3n) is 3.16. The first-order valence-corrected chi connectivity index (χ1v) is 6.17. The van der Waals surface area contributed by atoms with Crippen molar-refractivity contribution >= 4 is 16.7 Å². The van der Waals surface area contributed by atoms with Gasteiger partial charge in [0.25, 0.3) is 5.69 Å². The van der Waals surface area contributed by atoms with E-state index in [2.05, 4.69) is 9.97 Å².